The van der Waals surface area contributed by atoms with Crippen LogP contribution >= 0.6 is 0 Å². The Morgan fingerprint density at radius 3 is 2.43 bits per heavy atom. The zero-order valence-corrected chi connectivity index (χ0v) is 9.92. The molecule has 0 aromatic carbocycles. The molecule has 0 aliphatic carbocycles. The summed E-state index contributed by atoms with van der Waals surface area (Å²) in [5.74, 6) is 0. The van der Waals surface area contributed by atoms with Crippen LogP contribution in [0.3, 0.4) is 0 Å². The Hall–Kier alpha value is -0.120. The summed E-state index contributed by atoms with van der Waals surface area (Å²) in [5.41, 5.74) is 0. The summed E-state index contributed by atoms with van der Waals surface area (Å²) < 4.78 is 0. The molecule has 1 fully saturated rings. The predicted octanol–water partition coefficient (Wildman–Crippen LogP) is 0.622. The van der Waals surface area contributed by atoms with Crippen LogP contribution in [0.1, 0.15) is 20.3 Å². The van der Waals surface area contributed by atoms with E-state index in [1.54, 1.807) is 0 Å². The van der Waals surface area contributed by atoms with Gasteiger partial charge in [-0.15, -0.1) is 0 Å². The van der Waals surface area contributed by atoms with E-state index in [1.807, 2.05) is 0 Å². The highest BCUT2D eigenvalue weighted by Crippen LogP contribution is 2.05. The Labute approximate surface area is 88.5 Å². The first kappa shape index (κ1) is 12.0. The Balaban J connectivity index is 2.15. The number of hydrogen-bond acceptors (Lipinski definition) is 3. The number of hydrogen-bond donors (Lipinski definition) is 1. The maximum Gasteiger partial charge on any atom is 0.0230 e. The van der Waals surface area contributed by atoms with Crippen LogP contribution in [0.5, 0.6) is 0 Å². The van der Waals surface area contributed by atoms with E-state index in [0.29, 0.717) is 0 Å². The first-order valence-electron chi connectivity index (χ1n) is 5.91. The van der Waals surface area contributed by atoms with Gasteiger partial charge in [-0.3, -0.25) is 0 Å². The summed E-state index contributed by atoms with van der Waals surface area (Å²) in [6.45, 7) is 11.6. The summed E-state index contributed by atoms with van der Waals surface area (Å²) >= 11 is 0. The van der Waals surface area contributed by atoms with E-state index in [0.717, 1.165) is 6.04 Å². The van der Waals surface area contributed by atoms with E-state index < -0.39 is 0 Å². The maximum absolute atomic E-state index is 3.41. The lowest BCUT2D eigenvalue weighted by atomic mass is 10.2. The zero-order chi connectivity index (χ0) is 10.4. The molecule has 1 rings (SSSR count). The van der Waals surface area contributed by atoms with Crippen LogP contribution in [0.15, 0.2) is 0 Å². The van der Waals surface area contributed by atoms with E-state index >= 15 is 0 Å². The molecule has 1 aliphatic rings. The second-order valence-electron chi connectivity index (χ2n) is 4.15. The third-order valence-electron chi connectivity index (χ3n) is 3.32. The van der Waals surface area contributed by atoms with Crippen molar-refractivity contribution in [1.29, 1.82) is 0 Å². The van der Waals surface area contributed by atoms with E-state index in [4.69, 9.17) is 0 Å². The summed E-state index contributed by atoms with van der Waals surface area (Å²) in [7, 11) is 2.25. The van der Waals surface area contributed by atoms with Gasteiger partial charge >= 0.3 is 0 Å². The van der Waals surface area contributed by atoms with Gasteiger partial charge < -0.3 is 15.1 Å². The van der Waals surface area contributed by atoms with Crippen LogP contribution in [-0.2, 0) is 0 Å². The normalized spacial score (nSPS) is 22.5. The lowest BCUT2D eigenvalue weighted by Crippen LogP contribution is -2.39. The van der Waals surface area contributed by atoms with E-state index in [-0.39, 0.29) is 0 Å². The van der Waals surface area contributed by atoms with Crippen molar-refractivity contribution in [2.75, 3.05) is 46.3 Å². The molecule has 14 heavy (non-hydrogen) atoms. The van der Waals surface area contributed by atoms with Crippen LogP contribution in [0.25, 0.3) is 0 Å². The first-order valence-corrected chi connectivity index (χ1v) is 5.91. The fourth-order valence-electron chi connectivity index (χ4n) is 2.04. The fourth-order valence-corrected chi connectivity index (χ4v) is 2.04. The topological polar surface area (TPSA) is 18.5 Å². The number of rotatable bonds is 6. The summed E-state index contributed by atoms with van der Waals surface area (Å²) in [4.78, 5) is 4.98. The van der Waals surface area contributed by atoms with Crippen molar-refractivity contribution in [2.24, 2.45) is 0 Å². The molecular formula is C11H25N3. The van der Waals surface area contributed by atoms with Crippen molar-refractivity contribution in [3.63, 3.8) is 0 Å². The van der Waals surface area contributed by atoms with Crippen molar-refractivity contribution in [3.8, 4) is 0 Å². The molecule has 1 N–H and O–H groups in total. The summed E-state index contributed by atoms with van der Waals surface area (Å²) in [6.07, 6.45) is 1.31. The molecule has 3 nitrogen and oxygen atoms in total. The largest absolute Gasteiger partial charge is 0.315 e. The van der Waals surface area contributed by atoms with Gasteiger partial charge in [0.25, 0.3) is 0 Å². The maximum atomic E-state index is 3.41. The van der Waals surface area contributed by atoms with Gasteiger partial charge in [0.2, 0.25) is 0 Å². The SMILES string of the molecule is CCN(CC)CCN(C)C1CCNC1. The average Bonchev–Trinajstić information content (AvgIpc) is 2.72. The van der Waals surface area contributed by atoms with Crippen molar-refractivity contribution < 1.29 is 0 Å². The third kappa shape index (κ3) is 3.56. The zero-order valence-electron chi connectivity index (χ0n) is 9.92. The van der Waals surface area contributed by atoms with Gasteiger partial charge in [-0.05, 0) is 33.1 Å². The molecule has 0 spiro atoms. The Bertz CT molecular complexity index is 139. The van der Waals surface area contributed by atoms with Crippen molar-refractivity contribution in [1.82, 2.24) is 15.1 Å². The van der Waals surface area contributed by atoms with Crippen molar-refractivity contribution in [3.05, 3.63) is 0 Å². The second-order valence-corrected chi connectivity index (χ2v) is 4.15. The van der Waals surface area contributed by atoms with Gasteiger partial charge in [-0.25, -0.2) is 0 Å². The quantitative estimate of drug-likeness (QED) is 0.676. The number of nitrogens with one attached hydrogen (secondary N) is 1. The molecule has 1 saturated heterocycles. The second kappa shape index (κ2) is 6.38. The molecule has 1 atom stereocenters. The number of nitrogens with zero attached hydrogens (tertiary/aromatic N) is 2. The Kier molecular flexibility index (Phi) is 5.45. The van der Waals surface area contributed by atoms with Gasteiger partial charge in [0, 0.05) is 25.7 Å². The minimum absolute atomic E-state index is 0.769. The lowest BCUT2D eigenvalue weighted by molar-refractivity contribution is 0.205. The smallest absolute Gasteiger partial charge is 0.0230 e. The molecule has 0 aromatic rings. The summed E-state index contributed by atoms with van der Waals surface area (Å²) in [6, 6.07) is 0.769. The van der Waals surface area contributed by atoms with Gasteiger partial charge in [-0.1, -0.05) is 13.8 Å². The molecule has 1 aliphatic heterocycles. The van der Waals surface area contributed by atoms with Crippen LogP contribution < -0.4 is 5.32 Å². The van der Waals surface area contributed by atoms with E-state index in [9.17, 15) is 0 Å². The molecule has 1 unspecified atom stereocenters. The third-order valence-corrected chi connectivity index (χ3v) is 3.32. The monoisotopic (exact) mass is 199 g/mol. The van der Waals surface area contributed by atoms with Crippen LogP contribution in [0.2, 0.25) is 0 Å². The Morgan fingerprint density at radius 2 is 1.93 bits per heavy atom. The average molecular weight is 199 g/mol. The first-order chi connectivity index (χ1) is 6.77. The minimum atomic E-state index is 0.769. The van der Waals surface area contributed by atoms with E-state index in [2.05, 4.69) is 36.0 Å². The molecule has 0 saturated carbocycles. The van der Waals surface area contributed by atoms with E-state index in [1.165, 1.54) is 45.7 Å². The van der Waals surface area contributed by atoms with Gasteiger partial charge in [-0.2, -0.15) is 0 Å². The molecule has 1 heterocycles. The van der Waals surface area contributed by atoms with Gasteiger partial charge in [0.05, 0.1) is 0 Å². The molecule has 0 amide bonds. The standard InChI is InChI=1S/C11H25N3/c1-4-14(5-2)9-8-13(3)11-6-7-12-10-11/h11-12H,4-10H2,1-3H3. The Morgan fingerprint density at radius 1 is 1.21 bits per heavy atom. The number of likely N-dealkylation sites (N-methyl/N-ethyl adjacent to an activating group) is 2. The lowest BCUT2D eigenvalue weighted by Gasteiger charge is -2.27. The van der Waals surface area contributed by atoms with Crippen LogP contribution in [0.4, 0.5) is 0 Å². The summed E-state index contributed by atoms with van der Waals surface area (Å²) in [5, 5.41) is 3.41. The predicted molar refractivity (Wildman–Crippen MR) is 61.7 cm³/mol. The highest BCUT2D eigenvalue weighted by molar-refractivity contribution is 4.78. The van der Waals surface area contributed by atoms with Gasteiger partial charge in [0.15, 0.2) is 0 Å². The van der Waals surface area contributed by atoms with Crippen LogP contribution in [-0.4, -0.2) is 62.2 Å². The molecule has 0 aromatic heterocycles. The molecule has 84 valence electrons. The molecule has 0 bridgehead atoms. The van der Waals surface area contributed by atoms with Crippen molar-refractivity contribution in [2.45, 2.75) is 26.3 Å². The molecule has 3 heteroatoms. The molecule has 0 radical (unpaired) electrons. The van der Waals surface area contributed by atoms with Crippen molar-refractivity contribution >= 4 is 0 Å². The highest BCUT2D eigenvalue weighted by Gasteiger charge is 2.18. The van der Waals surface area contributed by atoms with Gasteiger partial charge in [0.1, 0.15) is 0 Å². The molecular weight excluding hydrogens is 174 g/mol. The highest BCUT2D eigenvalue weighted by atomic mass is 15.2. The minimum Gasteiger partial charge on any atom is -0.315 e. The fraction of sp³-hybridized carbons (Fsp3) is 1.00. The van der Waals surface area contributed by atoms with Crippen LogP contribution in [0, 0.1) is 0 Å².